The maximum absolute atomic E-state index is 13.1. The second-order valence-corrected chi connectivity index (χ2v) is 10.0. The minimum Gasteiger partial charge on any atom is -0.459 e. The molecular weight excluding hydrogens is 418 g/mol. The minimum absolute atomic E-state index is 0.00273. The molecular formula is C22H27N3O5S. The van der Waals surface area contributed by atoms with Gasteiger partial charge in [0.1, 0.15) is 0 Å². The Bertz CT molecular complexity index is 999. The van der Waals surface area contributed by atoms with Crippen molar-refractivity contribution in [1.29, 1.82) is 0 Å². The largest absolute Gasteiger partial charge is 0.459 e. The topological polar surface area (TPSA) is 91.1 Å². The predicted octanol–water partition coefficient (Wildman–Crippen LogP) is 1.81. The van der Waals surface area contributed by atoms with Gasteiger partial charge >= 0.3 is 0 Å². The maximum atomic E-state index is 13.1. The van der Waals surface area contributed by atoms with E-state index in [0.29, 0.717) is 39.3 Å². The summed E-state index contributed by atoms with van der Waals surface area (Å²) in [7, 11) is -3.42. The maximum Gasteiger partial charge on any atom is 0.289 e. The molecule has 9 heteroatoms. The number of nitrogens with zero attached hydrogens (tertiary/aromatic N) is 3. The van der Waals surface area contributed by atoms with Crippen molar-refractivity contribution in [3.8, 4) is 0 Å². The summed E-state index contributed by atoms with van der Waals surface area (Å²) in [6.45, 7) is 2.30. The van der Waals surface area contributed by atoms with Crippen molar-refractivity contribution in [2.45, 2.75) is 18.6 Å². The lowest BCUT2D eigenvalue weighted by Crippen LogP contribution is -2.54. The summed E-state index contributed by atoms with van der Waals surface area (Å²) >= 11 is 0. The van der Waals surface area contributed by atoms with E-state index in [1.165, 1.54) is 10.6 Å². The van der Waals surface area contributed by atoms with Gasteiger partial charge in [-0.3, -0.25) is 9.59 Å². The van der Waals surface area contributed by atoms with Gasteiger partial charge in [0.2, 0.25) is 15.9 Å². The van der Waals surface area contributed by atoms with E-state index in [1.807, 2.05) is 18.2 Å². The Morgan fingerprint density at radius 3 is 2.35 bits per heavy atom. The van der Waals surface area contributed by atoms with Crippen LogP contribution in [0, 0.1) is 5.92 Å². The molecule has 31 heavy (non-hydrogen) atoms. The summed E-state index contributed by atoms with van der Waals surface area (Å²) in [6, 6.07) is 12.4. The fraction of sp³-hybridized carbons (Fsp3) is 0.455. The van der Waals surface area contributed by atoms with Gasteiger partial charge in [-0.05, 0) is 30.5 Å². The number of carbonyl (C=O) groups excluding carboxylic acids is 2. The third-order valence-electron chi connectivity index (χ3n) is 5.93. The summed E-state index contributed by atoms with van der Waals surface area (Å²) in [4.78, 5) is 29.0. The quantitative estimate of drug-likeness (QED) is 0.700. The molecule has 1 aromatic carbocycles. The van der Waals surface area contributed by atoms with E-state index in [4.69, 9.17) is 4.42 Å². The van der Waals surface area contributed by atoms with Crippen LogP contribution < -0.4 is 0 Å². The first-order chi connectivity index (χ1) is 14.9. The molecule has 0 aliphatic carbocycles. The molecule has 2 aliphatic heterocycles. The number of piperidine rings is 1. The molecule has 0 radical (unpaired) electrons. The monoisotopic (exact) mass is 445 g/mol. The van der Waals surface area contributed by atoms with Crippen LogP contribution in [0.4, 0.5) is 0 Å². The first kappa shape index (κ1) is 21.6. The number of benzene rings is 1. The van der Waals surface area contributed by atoms with E-state index in [9.17, 15) is 18.0 Å². The van der Waals surface area contributed by atoms with Gasteiger partial charge in [-0.2, -0.15) is 4.31 Å². The average Bonchev–Trinajstić information content (AvgIpc) is 3.34. The predicted molar refractivity (Wildman–Crippen MR) is 115 cm³/mol. The van der Waals surface area contributed by atoms with Gasteiger partial charge in [-0.1, -0.05) is 30.3 Å². The second-order valence-electron chi connectivity index (χ2n) is 8.03. The molecule has 0 spiro atoms. The highest BCUT2D eigenvalue weighted by Crippen LogP contribution is 2.22. The zero-order valence-electron chi connectivity index (χ0n) is 17.4. The zero-order valence-corrected chi connectivity index (χ0v) is 18.2. The number of sulfonamides is 1. The Labute approximate surface area is 182 Å². The Kier molecular flexibility index (Phi) is 6.43. The fourth-order valence-electron chi connectivity index (χ4n) is 4.24. The average molecular weight is 446 g/mol. The first-order valence-corrected chi connectivity index (χ1v) is 12.2. The molecule has 0 N–H and O–H groups in total. The number of amides is 2. The SMILES string of the molecule is O=C(c1ccco1)N1CCCC(C(=O)N2CCN(S(=O)(=O)Cc3ccccc3)CC2)C1. The normalized spacial score (nSPS) is 20.6. The number of rotatable bonds is 5. The van der Waals surface area contributed by atoms with E-state index in [2.05, 4.69) is 0 Å². The van der Waals surface area contributed by atoms with Crippen LogP contribution in [0.5, 0.6) is 0 Å². The minimum atomic E-state index is -3.42. The third kappa shape index (κ3) is 4.99. The summed E-state index contributed by atoms with van der Waals surface area (Å²) in [6.07, 6.45) is 2.95. The molecule has 3 heterocycles. The van der Waals surface area contributed by atoms with Crippen LogP contribution in [0.2, 0.25) is 0 Å². The lowest BCUT2D eigenvalue weighted by atomic mass is 9.96. The van der Waals surface area contributed by atoms with Crippen LogP contribution in [0.3, 0.4) is 0 Å². The summed E-state index contributed by atoms with van der Waals surface area (Å²) < 4.78 is 32.1. The van der Waals surface area contributed by atoms with E-state index >= 15 is 0 Å². The molecule has 2 aliphatic rings. The third-order valence-corrected chi connectivity index (χ3v) is 7.78. The summed E-state index contributed by atoms with van der Waals surface area (Å²) in [5.41, 5.74) is 0.754. The van der Waals surface area contributed by atoms with Crippen molar-refractivity contribution in [1.82, 2.24) is 14.1 Å². The van der Waals surface area contributed by atoms with E-state index in [0.717, 1.165) is 18.4 Å². The molecule has 2 fully saturated rings. The van der Waals surface area contributed by atoms with Gasteiger partial charge in [-0.25, -0.2) is 8.42 Å². The molecule has 1 aromatic heterocycles. The first-order valence-electron chi connectivity index (χ1n) is 10.6. The van der Waals surface area contributed by atoms with Crippen molar-refractivity contribution in [3.63, 3.8) is 0 Å². The smallest absolute Gasteiger partial charge is 0.289 e. The van der Waals surface area contributed by atoms with Gasteiger partial charge in [0.05, 0.1) is 17.9 Å². The van der Waals surface area contributed by atoms with Crippen LogP contribution in [0.25, 0.3) is 0 Å². The lowest BCUT2D eigenvalue weighted by Gasteiger charge is -2.38. The van der Waals surface area contributed by atoms with Gasteiger partial charge in [0, 0.05) is 39.3 Å². The zero-order chi connectivity index (χ0) is 21.8. The van der Waals surface area contributed by atoms with Crippen molar-refractivity contribution in [2.75, 3.05) is 39.3 Å². The molecule has 1 atom stereocenters. The number of furan rings is 1. The van der Waals surface area contributed by atoms with Crippen LogP contribution in [-0.4, -0.2) is 73.6 Å². The molecule has 8 nitrogen and oxygen atoms in total. The highest BCUT2D eigenvalue weighted by molar-refractivity contribution is 7.88. The molecule has 0 saturated carbocycles. The molecule has 2 aromatic rings. The molecule has 1 unspecified atom stereocenters. The van der Waals surface area contributed by atoms with Gasteiger partial charge in [0.25, 0.3) is 5.91 Å². The Balaban J connectivity index is 1.32. The van der Waals surface area contributed by atoms with Gasteiger partial charge in [0.15, 0.2) is 5.76 Å². The van der Waals surface area contributed by atoms with Crippen LogP contribution in [-0.2, 0) is 20.6 Å². The van der Waals surface area contributed by atoms with Crippen LogP contribution in [0.15, 0.2) is 53.1 Å². The molecule has 4 rings (SSSR count). The van der Waals surface area contributed by atoms with E-state index < -0.39 is 10.0 Å². The standard InChI is InChI=1S/C22H27N3O5S/c26-21(19-8-4-10-24(16-19)22(27)20-9-5-15-30-20)23-11-13-25(14-12-23)31(28,29)17-18-6-2-1-3-7-18/h1-3,5-7,9,15,19H,4,8,10-14,16-17H2. The van der Waals surface area contributed by atoms with Gasteiger partial charge < -0.3 is 14.2 Å². The van der Waals surface area contributed by atoms with Crippen LogP contribution in [0.1, 0.15) is 29.0 Å². The number of likely N-dealkylation sites (tertiary alicyclic amines) is 1. The number of hydrogen-bond donors (Lipinski definition) is 0. The Hall–Kier alpha value is -2.65. The second kappa shape index (κ2) is 9.23. The number of carbonyl (C=O) groups is 2. The fourth-order valence-corrected chi connectivity index (χ4v) is 5.76. The van der Waals surface area contributed by atoms with E-state index in [-0.39, 0.29) is 29.2 Å². The number of piperazine rings is 1. The van der Waals surface area contributed by atoms with E-state index in [1.54, 1.807) is 34.1 Å². The summed E-state index contributed by atoms with van der Waals surface area (Å²) in [5, 5.41) is 0. The van der Waals surface area contributed by atoms with Crippen molar-refractivity contribution in [3.05, 3.63) is 60.1 Å². The highest BCUT2D eigenvalue weighted by atomic mass is 32.2. The highest BCUT2D eigenvalue weighted by Gasteiger charge is 2.35. The number of hydrogen-bond acceptors (Lipinski definition) is 5. The Morgan fingerprint density at radius 1 is 0.935 bits per heavy atom. The Morgan fingerprint density at radius 2 is 1.68 bits per heavy atom. The van der Waals surface area contributed by atoms with Crippen molar-refractivity contribution < 1.29 is 22.4 Å². The van der Waals surface area contributed by atoms with Crippen LogP contribution >= 0.6 is 0 Å². The summed E-state index contributed by atoms with van der Waals surface area (Å²) in [5.74, 6) is -0.212. The molecule has 2 amide bonds. The molecule has 166 valence electrons. The van der Waals surface area contributed by atoms with Gasteiger partial charge in [-0.15, -0.1) is 0 Å². The molecule has 0 bridgehead atoms. The van der Waals surface area contributed by atoms with Crippen molar-refractivity contribution in [2.24, 2.45) is 5.92 Å². The lowest BCUT2D eigenvalue weighted by molar-refractivity contribution is -0.138. The molecule has 2 saturated heterocycles. The van der Waals surface area contributed by atoms with Crippen molar-refractivity contribution >= 4 is 21.8 Å².